The normalized spacial score (nSPS) is 11.4. The maximum atomic E-state index is 12.0. The minimum absolute atomic E-state index is 0.230. The first-order valence-corrected chi connectivity index (χ1v) is 6.55. The summed E-state index contributed by atoms with van der Waals surface area (Å²) < 4.78 is 27.9. The first-order valence-electron chi connectivity index (χ1n) is 5.06. The molecule has 1 aromatic carbocycles. The van der Waals surface area contributed by atoms with E-state index in [-0.39, 0.29) is 4.90 Å². The molecular formula is C11H13N3O2S. The Morgan fingerprint density at radius 3 is 2.35 bits per heavy atom. The fraction of sp³-hybridized carbons (Fsp3) is 0.182. The third kappa shape index (κ3) is 2.65. The van der Waals surface area contributed by atoms with Crippen molar-refractivity contribution in [2.45, 2.75) is 11.8 Å². The molecule has 0 bridgehead atoms. The molecule has 5 nitrogen and oxygen atoms in total. The summed E-state index contributed by atoms with van der Waals surface area (Å²) in [6.07, 6.45) is 1.67. The smallest absolute Gasteiger partial charge is 0.263 e. The van der Waals surface area contributed by atoms with Crippen LogP contribution >= 0.6 is 0 Å². The fourth-order valence-electron chi connectivity index (χ4n) is 1.38. The zero-order valence-electron chi connectivity index (χ0n) is 9.58. The molecule has 0 aliphatic heterocycles. The summed E-state index contributed by atoms with van der Waals surface area (Å²) in [6.45, 7) is 1.91. The van der Waals surface area contributed by atoms with Crippen molar-refractivity contribution in [1.29, 1.82) is 0 Å². The molecule has 0 saturated heterocycles. The van der Waals surface area contributed by atoms with Gasteiger partial charge >= 0.3 is 0 Å². The zero-order chi connectivity index (χ0) is 12.5. The molecule has 0 radical (unpaired) electrons. The van der Waals surface area contributed by atoms with Crippen molar-refractivity contribution in [3.05, 3.63) is 42.1 Å². The van der Waals surface area contributed by atoms with Gasteiger partial charge in [-0.2, -0.15) is 5.10 Å². The van der Waals surface area contributed by atoms with Crippen LogP contribution in [-0.4, -0.2) is 18.2 Å². The van der Waals surface area contributed by atoms with Crippen molar-refractivity contribution in [1.82, 2.24) is 9.78 Å². The van der Waals surface area contributed by atoms with Gasteiger partial charge in [-0.05, 0) is 19.1 Å². The number of hydrogen-bond donors (Lipinski definition) is 1. The van der Waals surface area contributed by atoms with E-state index < -0.39 is 10.0 Å². The number of benzene rings is 1. The Kier molecular flexibility index (Phi) is 2.89. The fourth-order valence-corrected chi connectivity index (χ4v) is 2.38. The predicted octanol–water partition coefficient (Wildman–Crippen LogP) is 1.53. The van der Waals surface area contributed by atoms with Gasteiger partial charge < -0.3 is 0 Å². The second kappa shape index (κ2) is 4.21. The largest absolute Gasteiger partial charge is 0.274 e. The van der Waals surface area contributed by atoms with E-state index in [4.69, 9.17) is 0 Å². The topological polar surface area (TPSA) is 64.0 Å². The Morgan fingerprint density at radius 2 is 1.82 bits per heavy atom. The zero-order valence-corrected chi connectivity index (χ0v) is 10.4. The quantitative estimate of drug-likeness (QED) is 0.899. The third-order valence-electron chi connectivity index (χ3n) is 2.28. The lowest BCUT2D eigenvalue weighted by Gasteiger charge is -2.05. The summed E-state index contributed by atoms with van der Waals surface area (Å²) in [6, 6.07) is 8.26. The first kappa shape index (κ1) is 11.7. The lowest BCUT2D eigenvalue weighted by atomic mass is 10.2. The number of sulfonamides is 1. The third-order valence-corrected chi connectivity index (χ3v) is 3.65. The van der Waals surface area contributed by atoms with Crippen LogP contribution in [0, 0.1) is 6.92 Å². The van der Waals surface area contributed by atoms with Gasteiger partial charge in [-0.25, -0.2) is 8.42 Å². The highest BCUT2D eigenvalue weighted by Crippen LogP contribution is 2.14. The van der Waals surface area contributed by atoms with Gasteiger partial charge in [0.1, 0.15) is 0 Å². The molecule has 0 unspecified atom stereocenters. The van der Waals surface area contributed by atoms with Crippen molar-refractivity contribution in [2.24, 2.45) is 7.05 Å². The van der Waals surface area contributed by atoms with Gasteiger partial charge in [-0.3, -0.25) is 9.40 Å². The van der Waals surface area contributed by atoms with Crippen molar-refractivity contribution in [2.75, 3.05) is 4.72 Å². The molecule has 0 amide bonds. The molecule has 2 aromatic rings. The molecule has 90 valence electrons. The van der Waals surface area contributed by atoms with Crippen LogP contribution in [0.25, 0.3) is 0 Å². The molecule has 0 saturated carbocycles. The van der Waals surface area contributed by atoms with Gasteiger partial charge in [0.05, 0.1) is 4.90 Å². The van der Waals surface area contributed by atoms with Crippen LogP contribution in [0.15, 0.2) is 41.4 Å². The van der Waals surface area contributed by atoms with Crippen LogP contribution < -0.4 is 4.72 Å². The standard InChI is InChI=1S/C11H13N3O2S/c1-9-3-5-10(6-4-9)17(15,16)13-11-7-8-14(2)12-11/h3-8H,1-2H3,(H,12,13). The molecule has 0 aliphatic rings. The van der Waals surface area contributed by atoms with E-state index in [0.29, 0.717) is 5.82 Å². The molecule has 17 heavy (non-hydrogen) atoms. The Balaban J connectivity index is 2.28. The van der Waals surface area contributed by atoms with Gasteiger partial charge in [-0.15, -0.1) is 0 Å². The molecule has 0 atom stereocenters. The highest BCUT2D eigenvalue weighted by atomic mass is 32.2. The Labute approximate surface area is 100 Å². The van der Waals surface area contributed by atoms with E-state index in [0.717, 1.165) is 5.56 Å². The molecule has 0 spiro atoms. The van der Waals surface area contributed by atoms with Gasteiger partial charge in [0, 0.05) is 19.3 Å². The summed E-state index contributed by atoms with van der Waals surface area (Å²) in [7, 11) is -1.82. The second-order valence-electron chi connectivity index (χ2n) is 3.79. The van der Waals surface area contributed by atoms with Gasteiger partial charge in [0.15, 0.2) is 5.82 Å². The lowest BCUT2D eigenvalue weighted by molar-refractivity contribution is 0.601. The number of anilines is 1. The maximum absolute atomic E-state index is 12.0. The van der Waals surface area contributed by atoms with E-state index in [1.54, 1.807) is 43.6 Å². The van der Waals surface area contributed by atoms with Crippen molar-refractivity contribution >= 4 is 15.8 Å². The van der Waals surface area contributed by atoms with E-state index in [1.807, 2.05) is 6.92 Å². The highest BCUT2D eigenvalue weighted by Gasteiger charge is 2.14. The minimum Gasteiger partial charge on any atom is -0.274 e. The molecule has 0 fully saturated rings. The lowest BCUT2D eigenvalue weighted by Crippen LogP contribution is -2.13. The SMILES string of the molecule is Cc1ccc(S(=O)(=O)Nc2ccn(C)n2)cc1. The average molecular weight is 251 g/mol. The maximum Gasteiger partial charge on any atom is 0.263 e. The summed E-state index contributed by atoms with van der Waals surface area (Å²) in [4.78, 5) is 0.230. The van der Waals surface area contributed by atoms with Crippen LogP contribution in [-0.2, 0) is 17.1 Å². The van der Waals surface area contributed by atoms with E-state index in [2.05, 4.69) is 9.82 Å². The van der Waals surface area contributed by atoms with Crippen LogP contribution in [0.1, 0.15) is 5.56 Å². The van der Waals surface area contributed by atoms with Crippen LogP contribution in [0.2, 0.25) is 0 Å². The van der Waals surface area contributed by atoms with Crippen LogP contribution in [0.3, 0.4) is 0 Å². The van der Waals surface area contributed by atoms with Gasteiger partial charge in [0.2, 0.25) is 0 Å². The Bertz CT molecular complexity index is 614. The monoisotopic (exact) mass is 251 g/mol. The molecule has 1 N–H and O–H groups in total. The molecule has 2 rings (SSSR count). The molecule has 6 heteroatoms. The second-order valence-corrected chi connectivity index (χ2v) is 5.48. The summed E-state index contributed by atoms with van der Waals surface area (Å²) in [5.41, 5.74) is 1.02. The Hall–Kier alpha value is -1.82. The van der Waals surface area contributed by atoms with Crippen LogP contribution in [0.4, 0.5) is 5.82 Å². The number of rotatable bonds is 3. The number of nitrogens with one attached hydrogen (secondary N) is 1. The average Bonchev–Trinajstić information content (AvgIpc) is 2.63. The summed E-state index contributed by atoms with van der Waals surface area (Å²) >= 11 is 0. The van der Waals surface area contributed by atoms with Crippen molar-refractivity contribution < 1.29 is 8.42 Å². The van der Waals surface area contributed by atoms with E-state index in [9.17, 15) is 8.42 Å². The van der Waals surface area contributed by atoms with Gasteiger partial charge in [-0.1, -0.05) is 17.7 Å². The van der Waals surface area contributed by atoms with E-state index >= 15 is 0 Å². The molecule has 0 aliphatic carbocycles. The van der Waals surface area contributed by atoms with E-state index in [1.165, 1.54) is 4.68 Å². The highest BCUT2D eigenvalue weighted by molar-refractivity contribution is 7.92. The van der Waals surface area contributed by atoms with Crippen molar-refractivity contribution in [3.63, 3.8) is 0 Å². The first-order chi connectivity index (χ1) is 7.97. The molecular weight excluding hydrogens is 238 g/mol. The number of nitrogens with zero attached hydrogens (tertiary/aromatic N) is 2. The van der Waals surface area contributed by atoms with Crippen molar-refractivity contribution in [3.8, 4) is 0 Å². The predicted molar refractivity (Wildman–Crippen MR) is 65.2 cm³/mol. The number of hydrogen-bond acceptors (Lipinski definition) is 3. The van der Waals surface area contributed by atoms with Gasteiger partial charge in [0.25, 0.3) is 10.0 Å². The summed E-state index contributed by atoms with van der Waals surface area (Å²) in [5, 5.41) is 3.97. The molecule has 1 heterocycles. The minimum atomic E-state index is -3.54. The molecule has 1 aromatic heterocycles. The summed E-state index contributed by atoms with van der Waals surface area (Å²) in [5.74, 6) is 0.313. The van der Waals surface area contributed by atoms with Crippen LogP contribution in [0.5, 0.6) is 0 Å². The number of aromatic nitrogens is 2. The Morgan fingerprint density at radius 1 is 1.18 bits per heavy atom. The number of aryl methyl sites for hydroxylation is 2.